The van der Waals surface area contributed by atoms with E-state index in [1.54, 1.807) is 31.4 Å². The molecule has 28 heavy (non-hydrogen) atoms. The molecule has 2 aromatic carbocycles. The van der Waals surface area contributed by atoms with Gasteiger partial charge in [-0.2, -0.15) is 0 Å². The molecule has 7 heteroatoms. The van der Waals surface area contributed by atoms with E-state index >= 15 is 0 Å². The van der Waals surface area contributed by atoms with Gasteiger partial charge >= 0.3 is 0 Å². The Balaban J connectivity index is 1.49. The molecule has 1 aliphatic heterocycles. The molecule has 0 radical (unpaired) electrons. The summed E-state index contributed by atoms with van der Waals surface area (Å²) >= 11 is 0. The van der Waals surface area contributed by atoms with Gasteiger partial charge < -0.3 is 9.64 Å². The number of benzene rings is 2. The van der Waals surface area contributed by atoms with E-state index in [0.717, 1.165) is 36.1 Å². The maximum Gasteiger partial charge on any atom is 0.240 e. The minimum absolute atomic E-state index is 0.138. The largest absolute Gasteiger partial charge is 0.497 e. The van der Waals surface area contributed by atoms with Crippen molar-refractivity contribution in [2.24, 2.45) is 5.92 Å². The second-order valence-electron chi connectivity index (χ2n) is 7.33. The summed E-state index contributed by atoms with van der Waals surface area (Å²) in [5, 5.41) is 0. The van der Waals surface area contributed by atoms with Gasteiger partial charge in [0.15, 0.2) is 0 Å². The number of amides is 1. The van der Waals surface area contributed by atoms with E-state index in [1.165, 1.54) is 0 Å². The first-order valence-corrected chi connectivity index (χ1v) is 11.0. The Hall–Kier alpha value is -2.38. The van der Waals surface area contributed by atoms with E-state index in [1.807, 2.05) is 23.1 Å². The fourth-order valence-corrected chi connectivity index (χ4v) is 4.76. The molecule has 4 rings (SSSR count). The fraction of sp³-hybridized carbons (Fsp3) is 0.381. The Morgan fingerprint density at radius 3 is 2.75 bits per heavy atom. The van der Waals surface area contributed by atoms with E-state index in [9.17, 15) is 13.2 Å². The van der Waals surface area contributed by atoms with E-state index in [0.29, 0.717) is 18.7 Å². The molecule has 0 spiro atoms. The summed E-state index contributed by atoms with van der Waals surface area (Å²) in [6.07, 6.45) is 3.73. The van der Waals surface area contributed by atoms with Gasteiger partial charge in [-0.3, -0.25) is 4.79 Å². The highest BCUT2D eigenvalue weighted by Gasteiger charge is 2.33. The standard InChI is InChI=1S/C21H24N2O4S/c1-27-18-7-2-4-15(12-18)14-22-28(25,26)19-8-9-20-17(13-19)10-11-23(20)21(24)16-5-3-6-16/h2,4,7-9,12-13,16,22H,3,5-6,10-11,14H2,1H3. The number of anilines is 1. The van der Waals surface area contributed by atoms with Crippen molar-refractivity contribution in [1.82, 2.24) is 4.72 Å². The van der Waals surface area contributed by atoms with Crippen LogP contribution in [-0.2, 0) is 27.8 Å². The second-order valence-corrected chi connectivity index (χ2v) is 9.10. The van der Waals surface area contributed by atoms with Crippen molar-refractivity contribution in [2.45, 2.75) is 37.1 Å². The lowest BCUT2D eigenvalue weighted by Crippen LogP contribution is -2.37. The molecular formula is C21H24N2O4S. The lowest BCUT2D eigenvalue weighted by atomic mass is 9.84. The fourth-order valence-electron chi connectivity index (χ4n) is 3.69. The Kier molecular flexibility index (Phi) is 5.12. The SMILES string of the molecule is COc1cccc(CNS(=O)(=O)c2ccc3c(c2)CCN3C(=O)C2CCC2)c1. The van der Waals surface area contributed by atoms with Crippen LogP contribution in [0.1, 0.15) is 30.4 Å². The number of nitrogens with zero attached hydrogens (tertiary/aromatic N) is 1. The molecule has 2 aliphatic rings. The number of hydrogen-bond donors (Lipinski definition) is 1. The third-order valence-electron chi connectivity index (χ3n) is 5.58. The van der Waals surface area contributed by atoms with Crippen molar-refractivity contribution in [3.8, 4) is 5.75 Å². The van der Waals surface area contributed by atoms with Crippen LogP contribution in [0.5, 0.6) is 5.75 Å². The van der Waals surface area contributed by atoms with Crippen LogP contribution in [0.15, 0.2) is 47.4 Å². The number of sulfonamides is 1. The van der Waals surface area contributed by atoms with Crippen LogP contribution in [0, 0.1) is 5.92 Å². The molecule has 148 valence electrons. The quantitative estimate of drug-likeness (QED) is 0.809. The van der Waals surface area contributed by atoms with Gasteiger partial charge in [0.25, 0.3) is 0 Å². The first kappa shape index (κ1) is 19.0. The number of carbonyl (C=O) groups is 1. The third-order valence-corrected chi connectivity index (χ3v) is 6.98. The van der Waals surface area contributed by atoms with Crippen molar-refractivity contribution >= 4 is 21.6 Å². The molecule has 6 nitrogen and oxygen atoms in total. The monoisotopic (exact) mass is 400 g/mol. The summed E-state index contributed by atoms with van der Waals surface area (Å²) in [6.45, 7) is 0.814. The summed E-state index contributed by atoms with van der Waals surface area (Å²) in [5.41, 5.74) is 2.59. The molecule has 0 unspecified atom stereocenters. The van der Waals surface area contributed by atoms with Crippen LogP contribution >= 0.6 is 0 Å². The van der Waals surface area contributed by atoms with E-state index < -0.39 is 10.0 Å². The highest BCUT2D eigenvalue weighted by atomic mass is 32.2. The predicted molar refractivity (Wildman–Crippen MR) is 107 cm³/mol. The Bertz CT molecular complexity index is 999. The van der Waals surface area contributed by atoms with Crippen LogP contribution in [0.4, 0.5) is 5.69 Å². The first-order valence-electron chi connectivity index (χ1n) is 9.55. The Labute approximate surface area is 165 Å². The van der Waals surface area contributed by atoms with Crippen molar-refractivity contribution in [3.63, 3.8) is 0 Å². The molecule has 2 aromatic rings. The van der Waals surface area contributed by atoms with Crippen molar-refractivity contribution < 1.29 is 17.9 Å². The third kappa shape index (κ3) is 3.64. The second kappa shape index (κ2) is 7.56. The molecule has 1 saturated carbocycles. The zero-order valence-electron chi connectivity index (χ0n) is 15.8. The molecule has 0 aromatic heterocycles. The van der Waals surface area contributed by atoms with Gasteiger partial charge in [0, 0.05) is 24.7 Å². The molecule has 1 amide bonds. The first-order chi connectivity index (χ1) is 13.5. The number of ether oxygens (including phenoxy) is 1. The van der Waals surface area contributed by atoms with Crippen molar-refractivity contribution in [2.75, 3.05) is 18.6 Å². The average molecular weight is 401 g/mol. The lowest BCUT2D eigenvalue weighted by Gasteiger charge is -2.29. The van der Waals surface area contributed by atoms with Crippen LogP contribution in [-0.4, -0.2) is 28.0 Å². The van der Waals surface area contributed by atoms with Gasteiger partial charge in [-0.25, -0.2) is 13.1 Å². The van der Waals surface area contributed by atoms with Crippen LogP contribution in [0.2, 0.25) is 0 Å². The highest BCUT2D eigenvalue weighted by molar-refractivity contribution is 7.89. The zero-order chi connectivity index (χ0) is 19.7. The predicted octanol–water partition coefficient (Wildman–Crippen LogP) is 2.86. The van der Waals surface area contributed by atoms with Crippen molar-refractivity contribution in [3.05, 3.63) is 53.6 Å². The molecule has 1 heterocycles. The number of carbonyl (C=O) groups excluding carboxylic acids is 1. The molecule has 1 aliphatic carbocycles. The van der Waals surface area contributed by atoms with Gasteiger partial charge in [-0.15, -0.1) is 0 Å². The Morgan fingerprint density at radius 2 is 2.04 bits per heavy atom. The summed E-state index contributed by atoms with van der Waals surface area (Å²) in [5.74, 6) is 1.00. The van der Waals surface area contributed by atoms with Gasteiger partial charge in [-0.1, -0.05) is 18.6 Å². The lowest BCUT2D eigenvalue weighted by molar-refractivity contribution is -0.124. The summed E-state index contributed by atoms with van der Waals surface area (Å²) < 4.78 is 33.2. The highest BCUT2D eigenvalue weighted by Crippen LogP contribution is 2.35. The molecule has 1 N–H and O–H groups in total. The number of methoxy groups -OCH3 is 1. The van der Waals surface area contributed by atoms with Gasteiger partial charge in [0.2, 0.25) is 15.9 Å². The molecule has 0 bridgehead atoms. The molecule has 1 fully saturated rings. The van der Waals surface area contributed by atoms with Gasteiger partial charge in [0.05, 0.1) is 12.0 Å². The van der Waals surface area contributed by atoms with Crippen LogP contribution in [0.25, 0.3) is 0 Å². The van der Waals surface area contributed by atoms with Crippen LogP contribution < -0.4 is 14.4 Å². The van der Waals surface area contributed by atoms with E-state index in [-0.39, 0.29) is 23.3 Å². The normalized spacial score (nSPS) is 16.5. The maximum atomic E-state index is 12.7. The number of nitrogens with one attached hydrogen (secondary N) is 1. The topological polar surface area (TPSA) is 75.7 Å². The molecule has 0 saturated heterocycles. The molecular weight excluding hydrogens is 376 g/mol. The van der Waals surface area contributed by atoms with E-state index in [2.05, 4.69) is 4.72 Å². The summed E-state index contributed by atoms with van der Waals surface area (Å²) in [7, 11) is -2.07. The van der Waals surface area contributed by atoms with Crippen LogP contribution in [0.3, 0.4) is 0 Å². The maximum absolute atomic E-state index is 12.7. The minimum atomic E-state index is -3.64. The number of hydrogen-bond acceptors (Lipinski definition) is 4. The average Bonchev–Trinajstić information content (AvgIpc) is 3.08. The Morgan fingerprint density at radius 1 is 1.21 bits per heavy atom. The zero-order valence-corrected chi connectivity index (χ0v) is 16.7. The van der Waals surface area contributed by atoms with Gasteiger partial charge in [0.1, 0.15) is 5.75 Å². The number of fused-ring (bicyclic) bond motifs is 1. The summed E-state index contributed by atoms with van der Waals surface area (Å²) in [4.78, 5) is 14.6. The van der Waals surface area contributed by atoms with E-state index in [4.69, 9.17) is 4.74 Å². The van der Waals surface area contributed by atoms with Gasteiger partial charge in [-0.05, 0) is 60.7 Å². The molecule has 0 atom stereocenters. The number of rotatable bonds is 6. The summed E-state index contributed by atoms with van der Waals surface area (Å²) in [6, 6.07) is 12.3. The minimum Gasteiger partial charge on any atom is -0.497 e. The van der Waals surface area contributed by atoms with Crippen molar-refractivity contribution in [1.29, 1.82) is 0 Å². The smallest absolute Gasteiger partial charge is 0.240 e.